The molecule has 0 fully saturated rings. The first-order valence-corrected chi connectivity index (χ1v) is 4.27. The lowest BCUT2D eigenvalue weighted by atomic mass is 10.1. The molecule has 0 radical (unpaired) electrons. The van der Waals surface area contributed by atoms with Crippen LogP contribution >= 0.6 is 0 Å². The van der Waals surface area contributed by atoms with Crippen molar-refractivity contribution in [3.8, 4) is 0 Å². The Bertz CT molecular complexity index is 296. The highest BCUT2D eigenvalue weighted by Gasteiger charge is 2.20. The molecule has 1 nitrogen and oxygen atoms in total. The van der Waals surface area contributed by atoms with Crippen molar-refractivity contribution in [3.05, 3.63) is 35.1 Å². The third-order valence-electron chi connectivity index (χ3n) is 2.53. The maximum Gasteiger partial charge on any atom is 0.123 e. The Hall–Kier alpha value is -0.890. The van der Waals surface area contributed by atoms with Gasteiger partial charge in [0.25, 0.3) is 0 Å². The quantitative estimate of drug-likeness (QED) is 0.671. The van der Waals surface area contributed by atoms with Gasteiger partial charge in [0.2, 0.25) is 0 Å². The van der Waals surface area contributed by atoms with Gasteiger partial charge in [-0.1, -0.05) is 6.07 Å². The van der Waals surface area contributed by atoms with Crippen LogP contribution in [0, 0.1) is 5.82 Å². The first-order chi connectivity index (χ1) is 5.81. The van der Waals surface area contributed by atoms with Crippen molar-refractivity contribution >= 4 is 0 Å². The zero-order valence-corrected chi connectivity index (χ0v) is 7.10. The van der Waals surface area contributed by atoms with Crippen molar-refractivity contribution in [2.24, 2.45) is 0 Å². The van der Waals surface area contributed by atoms with Gasteiger partial charge in [-0.15, -0.1) is 0 Å². The average Bonchev–Trinajstić information content (AvgIpc) is 2.46. The van der Waals surface area contributed by atoms with Gasteiger partial charge in [0.05, 0.1) is 0 Å². The molecule has 0 heterocycles. The van der Waals surface area contributed by atoms with Crippen molar-refractivity contribution < 1.29 is 4.39 Å². The summed E-state index contributed by atoms with van der Waals surface area (Å²) in [5.74, 6) is -0.129. The normalized spacial score (nSPS) is 21.0. The fraction of sp³-hybridized carbons (Fsp3) is 0.400. The molecule has 1 aliphatic rings. The van der Waals surface area contributed by atoms with Crippen LogP contribution in [0.4, 0.5) is 4.39 Å². The highest BCUT2D eigenvalue weighted by molar-refractivity contribution is 5.34. The van der Waals surface area contributed by atoms with E-state index in [-0.39, 0.29) is 5.82 Å². The molecule has 0 aliphatic heterocycles. The summed E-state index contributed by atoms with van der Waals surface area (Å²) in [4.78, 5) is 0. The van der Waals surface area contributed by atoms with E-state index >= 15 is 0 Å². The molecule has 0 unspecified atom stereocenters. The van der Waals surface area contributed by atoms with Crippen molar-refractivity contribution in [2.75, 3.05) is 7.05 Å². The molecule has 1 aromatic carbocycles. The summed E-state index contributed by atoms with van der Waals surface area (Å²) in [7, 11) is 1.92. The van der Waals surface area contributed by atoms with Gasteiger partial charge >= 0.3 is 0 Å². The summed E-state index contributed by atoms with van der Waals surface area (Å²) in [6.07, 6.45) is 2.16. The Morgan fingerprint density at radius 3 is 3.08 bits per heavy atom. The fourth-order valence-corrected chi connectivity index (χ4v) is 1.87. The van der Waals surface area contributed by atoms with Crippen molar-refractivity contribution in [2.45, 2.75) is 18.9 Å². The maximum absolute atomic E-state index is 12.8. The number of hydrogen-bond donors (Lipinski definition) is 1. The molecular weight excluding hydrogens is 153 g/mol. The summed E-state index contributed by atoms with van der Waals surface area (Å²) in [5, 5.41) is 3.18. The van der Waals surface area contributed by atoms with Crippen LogP contribution in [-0.4, -0.2) is 7.05 Å². The molecule has 1 atom stereocenters. The van der Waals surface area contributed by atoms with Crippen LogP contribution in [0.15, 0.2) is 18.2 Å². The Labute approximate surface area is 71.6 Å². The number of fused-ring (bicyclic) bond motifs is 1. The van der Waals surface area contributed by atoms with Gasteiger partial charge in [0, 0.05) is 6.04 Å². The van der Waals surface area contributed by atoms with Gasteiger partial charge in [-0.25, -0.2) is 4.39 Å². The summed E-state index contributed by atoms with van der Waals surface area (Å²) in [6.45, 7) is 0. The van der Waals surface area contributed by atoms with Crippen LogP contribution in [0.5, 0.6) is 0 Å². The summed E-state index contributed by atoms with van der Waals surface area (Å²) < 4.78 is 12.8. The minimum Gasteiger partial charge on any atom is -0.313 e. The molecule has 0 aromatic heterocycles. The molecule has 12 heavy (non-hydrogen) atoms. The van der Waals surface area contributed by atoms with Crippen LogP contribution < -0.4 is 5.32 Å². The van der Waals surface area contributed by atoms with Crippen molar-refractivity contribution in [1.82, 2.24) is 5.32 Å². The molecule has 1 N–H and O–H groups in total. The number of benzene rings is 1. The van der Waals surface area contributed by atoms with E-state index in [1.54, 1.807) is 6.07 Å². The Balaban J connectivity index is 2.42. The third kappa shape index (κ3) is 1.12. The molecule has 2 rings (SSSR count). The molecule has 0 spiro atoms. The maximum atomic E-state index is 12.8. The van der Waals surface area contributed by atoms with Gasteiger partial charge in [0.15, 0.2) is 0 Å². The zero-order valence-electron chi connectivity index (χ0n) is 7.10. The number of hydrogen-bond acceptors (Lipinski definition) is 1. The van der Waals surface area contributed by atoms with E-state index in [2.05, 4.69) is 5.32 Å². The smallest absolute Gasteiger partial charge is 0.123 e. The van der Waals surface area contributed by atoms with Crippen LogP contribution in [0.3, 0.4) is 0 Å². The number of nitrogens with one attached hydrogen (secondary N) is 1. The van der Waals surface area contributed by atoms with E-state index < -0.39 is 0 Å². The predicted octanol–water partition coefficient (Wildman–Crippen LogP) is 2.03. The average molecular weight is 165 g/mol. The molecule has 0 bridgehead atoms. The fourth-order valence-electron chi connectivity index (χ4n) is 1.87. The minimum atomic E-state index is -0.129. The molecule has 0 saturated heterocycles. The van der Waals surface area contributed by atoms with E-state index in [1.807, 2.05) is 13.1 Å². The lowest BCUT2D eigenvalue weighted by Crippen LogP contribution is -2.12. The number of halogens is 1. The largest absolute Gasteiger partial charge is 0.313 e. The number of rotatable bonds is 1. The highest BCUT2D eigenvalue weighted by atomic mass is 19.1. The lowest BCUT2D eigenvalue weighted by molar-refractivity contribution is 0.581. The first-order valence-electron chi connectivity index (χ1n) is 4.27. The third-order valence-corrected chi connectivity index (χ3v) is 2.53. The SMILES string of the molecule is CN[C@H]1CCc2ccc(F)cc21. The predicted molar refractivity (Wildman–Crippen MR) is 46.5 cm³/mol. The van der Waals surface area contributed by atoms with Crippen LogP contribution in [-0.2, 0) is 6.42 Å². The molecule has 0 saturated carbocycles. The van der Waals surface area contributed by atoms with E-state index in [4.69, 9.17) is 0 Å². The van der Waals surface area contributed by atoms with E-state index in [0.29, 0.717) is 6.04 Å². The van der Waals surface area contributed by atoms with Crippen molar-refractivity contribution in [3.63, 3.8) is 0 Å². The monoisotopic (exact) mass is 165 g/mol. The van der Waals surface area contributed by atoms with Crippen molar-refractivity contribution in [1.29, 1.82) is 0 Å². The second-order valence-electron chi connectivity index (χ2n) is 3.22. The Morgan fingerprint density at radius 2 is 2.33 bits per heavy atom. The van der Waals surface area contributed by atoms with E-state index in [0.717, 1.165) is 18.4 Å². The first kappa shape index (κ1) is 7.74. The molecule has 1 aliphatic carbocycles. The van der Waals surface area contributed by atoms with E-state index in [9.17, 15) is 4.39 Å². The molecule has 1 aromatic rings. The Morgan fingerprint density at radius 1 is 1.50 bits per heavy atom. The highest BCUT2D eigenvalue weighted by Crippen LogP contribution is 2.30. The lowest BCUT2D eigenvalue weighted by Gasteiger charge is -2.09. The van der Waals surface area contributed by atoms with Crippen LogP contribution in [0.2, 0.25) is 0 Å². The molecule has 0 amide bonds. The Kier molecular flexibility index (Phi) is 1.85. The van der Waals surface area contributed by atoms with E-state index in [1.165, 1.54) is 11.6 Å². The second kappa shape index (κ2) is 2.87. The van der Waals surface area contributed by atoms with Gasteiger partial charge < -0.3 is 5.32 Å². The second-order valence-corrected chi connectivity index (χ2v) is 3.22. The van der Waals surface area contributed by atoms with Gasteiger partial charge in [-0.05, 0) is 43.1 Å². The van der Waals surface area contributed by atoms with Gasteiger partial charge in [0.1, 0.15) is 5.82 Å². The summed E-state index contributed by atoms with van der Waals surface area (Å²) in [5.41, 5.74) is 2.42. The van der Waals surface area contributed by atoms with Gasteiger partial charge in [-0.3, -0.25) is 0 Å². The zero-order chi connectivity index (χ0) is 8.55. The standard InChI is InChI=1S/C10H12FN/c1-12-10-5-3-7-2-4-8(11)6-9(7)10/h2,4,6,10,12H,3,5H2,1H3/t10-/m0/s1. The summed E-state index contributed by atoms with van der Waals surface area (Å²) >= 11 is 0. The molecule has 2 heteroatoms. The van der Waals surface area contributed by atoms with Gasteiger partial charge in [-0.2, -0.15) is 0 Å². The van der Waals surface area contributed by atoms with Crippen LogP contribution in [0.1, 0.15) is 23.6 Å². The summed E-state index contributed by atoms with van der Waals surface area (Å²) in [6, 6.07) is 5.43. The minimum absolute atomic E-state index is 0.129. The van der Waals surface area contributed by atoms with Crippen LogP contribution in [0.25, 0.3) is 0 Å². The number of aryl methyl sites for hydroxylation is 1. The molecule has 64 valence electrons. The molecular formula is C10H12FN. The topological polar surface area (TPSA) is 12.0 Å².